The van der Waals surface area contributed by atoms with Crippen molar-refractivity contribution >= 4 is 5.82 Å². The van der Waals surface area contributed by atoms with Crippen LogP contribution in [0.3, 0.4) is 0 Å². The quantitative estimate of drug-likeness (QED) is 0.893. The second kappa shape index (κ2) is 6.18. The van der Waals surface area contributed by atoms with Crippen LogP contribution >= 0.6 is 0 Å². The molecule has 0 aliphatic carbocycles. The van der Waals surface area contributed by atoms with E-state index < -0.39 is 0 Å². The van der Waals surface area contributed by atoms with Crippen LogP contribution in [-0.4, -0.2) is 16.6 Å². The Bertz CT molecular complexity index is 526. The van der Waals surface area contributed by atoms with E-state index in [1.807, 2.05) is 30.3 Å². The standard InChI is InChI=1S/C15H19N3O/c1-11(2)8-9-19-14-10-13(16)17-15(18-14)12-6-4-3-5-7-12/h3-7,10-11H,8-9H2,1-2H3,(H2,16,17,18). The van der Waals surface area contributed by atoms with Crippen molar-refractivity contribution < 1.29 is 4.74 Å². The van der Waals surface area contributed by atoms with Gasteiger partial charge in [-0.05, 0) is 12.3 Å². The zero-order chi connectivity index (χ0) is 13.7. The fourth-order valence-corrected chi connectivity index (χ4v) is 1.63. The van der Waals surface area contributed by atoms with Crippen LogP contribution < -0.4 is 10.5 Å². The fourth-order valence-electron chi connectivity index (χ4n) is 1.63. The van der Waals surface area contributed by atoms with Crippen molar-refractivity contribution in [2.75, 3.05) is 12.3 Å². The highest BCUT2D eigenvalue weighted by molar-refractivity contribution is 5.57. The molecule has 2 aromatic rings. The van der Waals surface area contributed by atoms with Gasteiger partial charge in [0.2, 0.25) is 5.88 Å². The van der Waals surface area contributed by atoms with Gasteiger partial charge in [0.25, 0.3) is 0 Å². The van der Waals surface area contributed by atoms with Crippen LogP contribution in [0.15, 0.2) is 36.4 Å². The van der Waals surface area contributed by atoms with Crippen molar-refractivity contribution in [2.24, 2.45) is 5.92 Å². The van der Waals surface area contributed by atoms with Gasteiger partial charge >= 0.3 is 0 Å². The van der Waals surface area contributed by atoms with E-state index in [1.165, 1.54) is 0 Å². The van der Waals surface area contributed by atoms with Crippen LogP contribution in [0.2, 0.25) is 0 Å². The van der Waals surface area contributed by atoms with Gasteiger partial charge in [-0.1, -0.05) is 44.2 Å². The van der Waals surface area contributed by atoms with Gasteiger partial charge in [-0.3, -0.25) is 0 Å². The Hall–Kier alpha value is -2.10. The van der Waals surface area contributed by atoms with Gasteiger partial charge in [0, 0.05) is 11.6 Å². The maximum atomic E-state index is 5.80. The van der Waals surface area contributed by atoms with E-state index >= 15 is 0 Å². The molecule has 19 heavy (non-hydrogen) atoms. The summed E-state index contributed by atoms with van der Waals surface area (Å²) in [6, 6.07) is 11.4. The summed E-state index contributed by atoms with van der Waals surface area (Å²) in [6.07, 6.45) is 0.991. The molecule has 0 atom stereocenters. The van der Waals surface area contributed by atoms with Gasteiger partial charge < -0.3 is 10.5 Å². The topological polar surface area (TPSA) is 61.0 Å². The first kappa shape index (κ1) is 13.3. The third-order valence-corrected chi connectivity index (χ3v) is 2.70. The van der Waals surface area contributed by atoms with Gasteiger partial charge in [0.1, 0.15) is 5.82 Å². The number of anilines is 1. The molecule has 1 aromatic heterocycles. The average Bonchev–Trinajstić information content (AvgIpc) is 2.39. The van der Waals surface area contributed by atoms with Crippen molar-refractivity contribution in [1.82, 2.24) is 9.97 Å². The summed E-state index contributed by atoms with van der Waals surface area (Å²) < 4.78 is 5.63. The Kier molecular flexibility index (Phi) is 4.34. The number of rotatable bonds is 5. The number of ether oxygens (including phenoxy) is 1. The van der Waals surface area contributed by atoms with E-state index in [0.29, 0.717) is 30.0 Å². The van der Waals surface area contributed by atoms with Crippen LogP contribution in [-0.2, 0) is 0 Å². The first-order chi connectivity index (χ1) is 9.15. The smallest absolute Gasteiger partial charge is 0.219 e. The van der Waals surface area contributed by atoms with Crippen molar-refractivity contribution in [3.63, 3.8) is 0 Å². The zero-order valence-electron chi connectivity index (χ0n) is 11.3. The molecule has 0 aliphatic heterocycles. The number of aromatic nitrogens is 2. The monoisotopic (exact) mass is 257 g/mol. The number of nitrogen functional groups attached to an aromatic ring is 1. The lowest BCUT2D eigenvalue weighted by molar-refractivity contribution is 0.279. The SMILES string of the molecule is CC(C)CCOc1cc(N)nc(-c2ccccc2)n1. The molecule has 0 amide bonds. The molecule has 0 spiro atoms. The maximum absolute atomic E-state index is 5.80. The van der Waals surface area contributed by atoms with E-state index in [-0.39, 0.29) is 0 Å². The largest absolute Gasteiger partial charge is 0.478 e. The Morgan fingerprint density at radius 1 is 1.16 bits per heavy atom. The lowest BCUT2D eigenvalue weighted by Gasteiger charge is -2.09. The number of nitrogens with zero attached hydrogens (tertiary/aromatic N) is 2. The lowest BCUT2D eigenvalue weighted by atomic mass is 10.1. The van der Waals surface area contributed by atoms with Crippen LogP contribution in [0.1, 0.15) is 20.3 Å². The second-order valence-corrected chi connectivity index (χ2v) is 4.85. The molecule has 0 radical (unpaired) electrons. The summed E-state index contributed by atoms with van der Waals surface area (Å²) in [5.41, 5.74) is 6.73. The minimum Gasteiger partial charge on any atom is -0.478 e. The van der Waals surface area contributed by atoms with E-state index in [1.54, 1.807) is 6.07 Å². The Labute approximate surface area is 113 Å². The van der Waals surface area contributed by atoms with Crippen molar-refractivity contribution in [3.05, 3.63) is 36.4 Å². The predicted octanol–water partition coefficient (Wildman–Crippen LogP) is 3.15. The zero-order valence-corrected chi connectivity index (χ0v) is 11.3. The summed E-state index contributed by atoms with van der Waals surface area (Å²) >= 11 is 0. The third kappa shape index (κ3) is 3.95. The van der Waals surface area contributed by atoms with Crippen LogP contribution in [0, 0.1) is 5.92 Å². The molecule has 2 rings (SSSR count). The van der Waals surface area contributed by atoms with E-state index in [9.17, 15) is 0 Å². The summed E-state index contributed by atoms with van der Waals surface area (Å²) in [7, 11) is 0. The Morgan fingerprint density at radius 3 is 2.58 bits per heavy atom. The number of benzene rings is 1. The minimum atomic E-state index is 0.424. The molecule has 4 heteroatoms. The molecule has 2 N–H and O–H groups in total. The van der Waals surface area contributed by atoms with Crippen LogP contribution in [0.4, 0.5) is 5.82 Å². The van der Waals surface area contributed by atoms with Crippen molar-refractivity contribution in [1.29, 1.82) is 0 Å². The van der Waals surface area contributed by atoms with Gasteiger partial charge in [-0.15, -0.1) is 0 Å². The molecule has 0 saturated carbocycles. The van der Waals surface area contributed by atoms with Crippen molar-refractivity contribution in [2.45, 2.75) is 20.3 Å². The highest BCUT2D eigenvalue weighted by atomic mass is 16.5. The van der Waals surface area contributed by atoms with Crippen molar-refractivity contribution in [3.8, 4) is 17.3 Å². The number of hydrogen-bond donors (Lipinski definition) is 1. The van der Waals surface area contributed by atoms with Gasteiger partial charge in [0.05, 0.1) is 6.61 Å². The van der Waals surface area contributed by atoms with Crippen LogP contribution in [0.25, 0.3) is 11.4 Å². The first-order valence-electron chi connectivity index (χ1n) is 6.48. The predicted molar refractivity (Wildman–Crippen MR) is 76.8 cm³/mol. The van der Waals surface area contributed by atoms with Gasteiger partial charge in [-0.25, -0.2) is 4.98 Å². The minimum absolute atomic E-state index is 0.424. The molecule has 0 bridgehead atoms. The number of hydrogen-bond acceptors (Lipinski definition) is 4. The summed E-state index contributed by atoms with van der Waals surface area (Å²) in [6.45, 7) is 4.96. The van der Waals surface area contributed by atoms with E-state index in [4.69, 9.17) is 10.5 Å². The normalized spacial score (nSPS) is 10.7. The Balaban J connectivity index is 2.16. The van der Waals surface area contributed by atoms with E-state index in [0.717, 1.165) is 12.0 Å². The van der Waals surface area contributed by atoms with Crippen LogP contribution in [0.5, 0.6) is 5.88 Å². The Morgan fingerprint density at radius 2 is 1.89 bits per heavy atom. The van der Waals surface area contributed by atoms with E-state index in [2.05, 4.69) is 23.8 Å². The maximum Gasteiger partial charge on any atom is 0.219 e. The highest BCUT2D eigenvalue weighted by Crippen LogP contribution is 2.20. The third-order valence-electron chi connectivity index (χ3n) is 2.70. The molecule has 0 fully saturated rings. The summed E-state index contributed by atoms with van der Waals surface area (Å²) in [5.74, 6) is 2.16. The molecule has 1 aromatic carbocycles. The molecular weight excluding hydrogens is 238 g/mol. The molecule has 1 heterocycles. The van der Waals surface area contributed by atoms with Gasteiger partial charge in [0.15, 0.2) is 5.82 Å². The van der Waals surface area contributed by atoms with Gasteiger partial charge in [-0.2, -0.15) is 4.98 Å². The molecule has 100 valence electrons. The molecule has 4 nitrogen and oxygen atoms in total. The fraction of sp³-hybridized carbons (Fsp3) is 0.333. The first-order valence-corrected chi connectivity index (χ1v) is 6.48. The summed E-state index contributed by atoms with van der Waals surface area (Å²) in [4.78, 5) is 8.62. The second-order valence-electron chi connectivity index (χ2n) is 4.85. The lowest BCUT2D eigenvalue weighted by Crippen LogP contribution is -2.05. The molecule has 0 saturated heterocycles. The number of nitrogens with two attached hydrogens (primary N) is 1. The highest BCUT2D eigenvalue weighted by Gasteiger charge is 2.06. The molecule has 0 unspecified atom stereocenters. The molecular formula is C15H19N3O. The average molecular weight is 257 g/mol. The summed E-state index contributed by atoms with van der Waals surface area (Å²) in [5, 5.41) is 0. The molecule has 0 aliphatic rings.